The zero-order chi connectivity index (χ0) is 14.6. The van der Waals surface area contributed by atoms with Crippen LogP contribution in [-0.2, 0) is 18.3 Å². The first-order valence-electron chi connectivity index (χ1n) is 7.88. The van der Waals surface area contributed by atoms with Crippen LogP contribution in [-0.4, -0.2) is 25.9 Å². The maximum Gasteiger partial charge on any atom is 0.228 e. The first-order chi connectivity index (χ1) is 10.2. The SMILES string of the molecule is CCc1nn(C)c2n[nH]c(NC(=O)[C@@H]3C[C@H]4CC[C@H]3C4)c12. The summed E-state index contributed by atoms with van der Waals surface area (Å²) in [5.41, 5.74) is 1.78. The highest BCUT2D eigenvalue weighted by Gasteiger charge is 2.43. The molecule has 0 unspecified atom stereocenters. The van der Waals surface area contributed by atoms with Gasteiger partial charge >= 0.3 is 0 Å². The number of nitrogens with zero attached hydrogens (tertiary/aromatic N) is 3. The van der Waals surface area contributed by atoms with Crippen LogP contribution in [0, 0.1) is 17.8 Å². The van der Waals surface area contributed by atoms with Crippen molar-refractivity contribution >= 4 is 22.8 Å². The van der Waals surface area contributed by atoms with E-state index in [0.29, 0.717) is 11.7 Å². The zero-order valence-electron chi connectivity index (χ0n) is 12.5. The molecule has 0 aromatic carbocycles. The van der Waals surface area contributed by atoms with Gasteiger partial charge in [0.15, 0.2) is 5.65 Å². The fraction of sp³-hybridized carbons (Fsp3) is 0.667. The van der Waals surface area contributed by atoms with Gasteiger partial charge in [0, 0.05) is 13.0 Å². The van der Waals surface area contributed by atoms with Crippen LogP contribution in [0.3, 0.4) is 0 Å². The number of nitrogens with one attached hydrogen (secondary N) is 2. The number of carbonyl (C=O) groups excluding carboxylic acids is 1. The van der Waals surface area contributed by atoms with Gasteiger partial charge in [-0.15, -0.1) is 0 Å². The van der Waals surface area contributed by atoms with Crippen LogP contribution < -0.4 is 5.32 Å². The van der Waals surface area contributed by atoms with Crippen LogP contribution in [0.1, 0.15) is 38.3 Å². The Hall–Kier alpha value is -1.85. The molecule has 2 N–H and O–H groups in total. The number of anilines is 1. The number of aromatic amines is 1. The largest absolute Gasteiger partial charge is 0.310 e. The number of aromatic nitrogens is 4. The van der Waals surface area contributed by atoms with Crippen molar-refractivity contribution in [3.63, 3.8) is 0 Å². The molecule has 0 saturated heterocycles. The molecule has 21 heavy (non-hydrogen) atoms. The van der Waals surface area contributed by atoms with E-state index in [2.05, 4.69) is 27.5 Å². The molecular weight excluding hydrogens is 266 g/mol. The van der Waals surface area contributed by atoms with Crippen molar-refractivity contribution in [1.29, 1.82) is 0 Å². The van der Waals surface area contributed by atoms with Crippen molar-refractivity contribution in [2.45, 2.75) is 39.0 Å². The molecule has 2 aromatic heterocycles. The molecule has 0 radical (unpaired) electrons. The summed E-state index contributed by atoms with van der Waals surface area (Å²) >= 11 is 0. The molecule has 2 fully saturated rings. The Labute approximate surface area is 123 Å². The molecule has 0 spiro atoms. The Morgan fingerprint density at radius 3 is 2.95 bits per heavy atom. The Bertz CT molecular complexity index is 700. The predicted molar refractivity (Wildman–Crippen MR) is 79.8 cm³/mol. The minimum absolute atomic E-state index is 0.152. The third kappa shape index (κ3) is 1.88. The average molecular weight is 287 g/mol. The first-order valence-corrected chi connectivity index (χ1v) is 7.88. The van der Waals surface area contributed by atoms with Crippen LogP contribution in [0.25, 0.3) is 11.0 Å². The highest BCUT2D eigenvalue weighted by molar-refractivity contribution is 6.01. The maximum absolute atomic E-state index is 12.6. The second-order valence-corrected chi connectivity index (χ2v) is 6.49. The fourth-order valence-corrected chi connectivity index (χ4v) is 4.24. The summed E-state index contributed by atoms with van der Waals surface area (Å²) in [6, 6.07) is 0. The highest BCUT2D eigenvalue weighted by atomic mass is 16.2. The molecule has 3 atom stereocenters. The average Bonchev–Trinajstić information content (AvgIpc) is 3.22. The Morgan fingerprint density at radius 2 is 2.29 bits per heavy atom. The molecule has 2 aliphatic rings. The summed E-state index contributed by atoms with van der Waals surface area (Å²) in [6.45, 7) is 2.07. The maximum atomic E-state index is 12.6. The smallest absolute Gasteiger partial charge is 0.228 e. The molecule has 4 rings (SSSR count). The Kier molecular flexibility index (Phi) is 2.80. The van der Waals surface area contributed by atoms with Gasteiger partial charge in [0.05, 0.1) is 11.1 Å². The van der Waals surface area contributed by atoms with Crippen molar-refractivity contribution in [2.75, 3.05) is 5.32 Å². The van der Waals surface area contributed by atoms with Crippen LogP contribution in [0.4, 0.5) is 5.82 Å². The lowest BCUT2D eigenvalue weighted by atomic mass is 9.88. The quantitative estimate of drug-likeness (QED) is 0.909. The number of hydrogen-bond donors (Lipinski definition) is 2. The summed E-state index contributed by atoms with van der Waals surface area (Å²) in [4.78, 5) is 12.6. The minimum Gasteiger partial charge on any atom is -0.310 e. The number of hydrogen-bond acceptors (Lipinski definition) is 3. The third-order valence-electron chi connectivity index (χ3n) is 5.27. The van der Waals surface area contributed by atoms with Crippen LogP contribution in [0.5, 0.6) is 0 Å². The summed E-state index contributed by atoms with van der Waals surface area (Å²) in [6.07, 6.45) is 5.65. The van der Waals surface area contributed by atoms with Gasteiger partial charge in [-0.2, -0.15) is 10.2 Å². The molecule has 2 aromatic rings. The molecule has 6 nitrogen and oxygen atoms in total. The van der Waals surface area contributed by atoms with Crippen molar-refractivity contribution in [2.24, 2.45) is 24.8 Å². The molecule has 2 bridgehead atoms. The van der Waals surface area contributed by atoms with E-state index >= 15 is 0 Å². The van der Waals surface area contributed by atoms with E-state index in [1.807, 2.05) is 7.05 Å². The zero-order valence-corrected chi connectivity index (χ0v) is 12.5. The number of amides is 1. The molecule has 1 amide bonds. The lowest BCUT2D eigenvalue weighted by Crippen LogP contribution is -2.27. The van der Waals surface area contributed by atoms with Gasteiger partial charge in [-0.25, -0.2) is 4.68 Å². The van der Waals surface area contributed by atoms with E-state index in [1.165, 1.54) is 19.3 Å². The molecule has 0 aliphatic heterocycles. The monoisotopic (exact) mass is 287 g/mol. The van der Waals surface area contributed by atoms with Crippen molar-refractivity contribution in [3.05, 3.63) is 5.69 Å². The molecule has 112 valence electrons. The fourth-order valence-electron chi connectivity index (χ4n) is 4.24. The van der Waals surface area contributed by atoms with Crippen LogP contribution >= 0.6 is 0 Å². The van der Waals surface area contributed by atoms with E-state index in [4.69, 9.17) is 0 Å². The standard InChI is InChI=1S/C15H21N5O/c1-3-11-12-13(17-18-14(12)20(2)19-11)16-15(21)10-7-8-4-5-9(10)6-8/h8-10H,3-7H2,1-2H3,(H2,16,17,18,21)/t8-,9-,10+/m0/s1. The van der Waals surface area contributed by atoms with E-state index in [9.17, 15) is 4.79 Å². The number of carbonyl (C=O) groups is 1. The molecule has 2 aliphatic carbocycles. The van der Waals surface area contributed by atoms with Crippen molar-refractivity contribution < 1.29 is 4.79 Å². The second-order valence-electron chi connectivity index (χ2n) is 6.49. The van der Waals surface area contributed by atoms with Crippen LogP contribution in [0.15, 0.2) is 0 Å². The number of rotatable bonds is 3. The highest BCUT2D eigenvalue weighted by Crippen LogP contribution is 2.48. The molecule has 2 heterocycles. The second kappa shape index (κ2) is 4.58. The summed E-state index contributed by atoms with van der Waals surface area (Å²) in [7, 11) is 1.88. The van der Waals surface area contributed by atoms with Gasteiger partial charge < -0.3 is 5.32 Å². The van der Waals surface area contributed by atoms with Gasteiger partial charge in [0.2, 0.25) is 5.91 Å². The molecular formula is C15H21N5O. The molecule has 2 saturated carbocycles. The number of aryl methyl sites for hydroxylation is 2. The predicted octanol–water partition coefficient (Wildman–Crippen LogP) is 2.23. The molecule has 6 heteroatoms. The normalized spacial score (nSPS) is 27.6. The van der Waals surface area contributed by atoms with Gasteiger partial charge in [0.1, 0.15) is 5.82 Å². The van der Waals surface area contributed by atoms with Gasteiger partial charge in [-0.1, -0.05) is 13.3 Å². The topological polar surface area (TPSA) is 75.6 Å². The van der Waals surface area contributed by atoms with E-state index < -0.39 is 0 Å². The summed E-state index contributed by atoms with van der Waals surface area (Å²) in [5.74, 6) is 2.41. The lowest BCUT2D eigenvalue weighted by Gasteiger charge is -2.20. The van der Waals surface area contributed by atoms with Crippen molar-refractivity contribution in [3.8, 4) is 0 Å². The van der Waals surface area contributed by atoms with E-state index in [1.54, 1.807) is 4.68 Å². The van der Waals surface area contributed by atoms with E-state index in [-0.39, 0.29) is 11.8 Å². The summed E-state index contributed by atoms with van der Waals surface area (Å²) in [5, 5.41) is 15.7. The third-order valence-corrected chi connectivity index (χ3v) is 5.27. The number of fused-ring (bicyclic) bond motifs is 3. The van der Waals surface area contributed by atoms with Gasteiger partial charge in [-0.3, -0.25) is 9.89 Å². The Morgan fingerprint density at radius 1 is 1.43 bits per heavy atom. The van der Waals surface area contributed by atoms with Gasteiger partial charge in [0.25, 0.3) is 0 Å². The first kappa shape index (κ1) is 12.9. The van der Waals surface area contributed by atoms with Gasteiger partial charge in [-0.05, 0) is 37.5 Å². The van der Waals surface area contributed by atoms with Crippen LogP contribution in [0.2, 0.25) is 0 Å². The Balaban J connectivity index is 1.61. The summed E-state index contributed by atoms with van der Waals surface area (Å²) < 4.78 is 1.76. The number of H-pyrrole nitrogens is 1. The van der Waals surface area contributed by atoms with Crippen molar-refractivity contribution in [1.82, 2.24) is 20.0 Å². The van der Waals surface area contributed by atoms with E-state index in [0.717, 1.165) is 35.5 Å². The minimum atomic E-state index is 0.152. The lowest BCUT2D eigenvalue weighted by molar-refractivity contribution is -0.121.